The van der Waals surface area contributed by atoms with Gasteiger partial charge >= 0.3 is 0 Å². The number of aryl methyl sites for hydroxylation is 1. The Labute approximate surface area is 165 Å². The fourth-order valence-electron chi connectivity index (χ4n) is 3.44. The van der Waals surface area contributed by atoms with E-state index in [9.17, 15) is 4.79 Å². The highest BCUT2D eigenvalue weighted by atomic mass is 32.1. The van der Waals surface area contributed by atoms with E-state index in [1.165, 1.54) is 9.75 Å². The molecule has 0 atom stereocenters. The number of fused-ring (bicyclic) bond motifs is 1. The summed E-state index contributed by atoms with van der Waals surface area (Å²) in [4.78, 5) is 19.7. The zero-order valence-corrected chi connectivity index (χ0v) is 17.4. The number of nitrogens with zero attached hydrogens (tertiary/aromatic N) is 2. The van der Waals surface area contributed by atoms with Crippen molar-refractivity contribution in [1.82, 2.24) is 9.80 Å². The number of carbonyl (C=O) groups is 1. The van der Waals surface area contributed by atoms with Gasteiger partial charge in [0.2, 0.25) is 0 Å². The van der Waals surface area contributed by atoms with Crippen LogP contribution in [0.3, 0.4) is 0 Å². The SMILES string of the molecule is COc1cc2c(cc1OC)C(=O)N(CCCN(C)CCc1ccc(C)s1)C2. The maximum absolute atomic E-state index is 12.7. The van der Waals surface area contributed by atoms with Gasteiger partial charge in [-0.05, 0) is 63.2 Å². The summed E-state index contributed by atoms with van der Waals surface area (Å²) in [5, 5.41) is 0. The van der Waals surface area contributed by atoms with E-state index in [1.807, 2.05) is 22.3 Å². The van der Waals surface area contributed by atoms with Gasteiger partial charge in [0.25, 0.3) is 5.91 Å². The van der Waals surface area contributed by atoms with Gasteiger partial charge in [0.05, 0.1) is 14.2 Å². The van der Waals surface area contributed by atoms with E-state index in [-0.39, 0.29) is 5.91 Å². The number of thiophene rings is 1. The molecule has 5 nitrogen and oxygen atoms in total. The van der Waals surface area contributed by atoms with Crippen molar-refractivity contribution in [3.63, 3.8) is 0 Å². The number of methoxy groups -OCH3 is 2. The molecule has 0 N–H and O–H groups in total. The van der Waals surface area contributed by atoms with Gasteiger partial charge in [-0.1, -0.05) is 0 Å². The third kappa shape index (κ3) is 4.62. The lowest BCUT2D eigenvalue weighted by molar-refractivity contribution is 0.0772. The fourth-order valence-corrected chi connectivity index (χ4v) is 4.32. The molecule has 1 aromatic heterocycles. The van der Waals surface area contributed by atoms with Gasteiger partial charge in [0.1, 0.15) is 0 Å². The van der Waals surface area contributed by atoms with Crippen molar-refractivity contribution in [2.45, 2.75) is 26.3 Å². The number of hydrogen-bond donors (Lipinski definition) is 0. The summed E-state index contributed by atoms with van der Waals surface area (Å²) in [5.41, 5.74) is 1.74. The highest BCUT2D eigenvalue weighted by Gasteiger charge is 2.29. The van der Waals surface area contributed by atoms with Crippen LogP contribution in [0.15, 0.2) is 24.3 Å². The first-order valence-corrected chi connectivity index (χ1v) is 10.1. The van der Waals surface area contributed by atoms with Crippen LogP contribution in [0.1, 0.15) is 32.1 Å². The molecule has 0 spiro atoms. The first-order chi connectivity index (χ1) is 13.0. The highest BCUT2D eigenvalue weighted by Crippen LogP contribution is 2.34. The molecule has 1 aliphatic heterocycles. The highest BCUT2D eigenvalue weighted by molar-refractivity contribution is 7.11. The molecule has 0 aliphatic carbocycles. The van der Waals surface area contributed by atoms with E-state index >= 15 is 0 Å². The zero-order valence-electron chi connectivity index (χ0n) is 16.6. The van der Waals surface area contributed by atoms with E-state index in [1.54, 1.807) is 20.3 Å². The molecule has 3 rings (SSSR count). The van der Waals surface area contributed by atoms with Gasteiger partial charge in [-0.15, -0.1) is 11.3 Å². The van der Waals surface area contributed by atoms with Gasteiger partial charge < -0.3 is 19.3 Å². The molecule has 6 heteroatoms. The molecule has 0 bridgehead atoms. The Hall–Kier alpha value is -2.05. The summed E-state index contributed by atoms with van der Waals surface area (Å²) >= 11 is 1.87. The van der Waals surface area contributed by atoms with Crippen LogP contribution < -0.4 is 9.47 Å². The Kier molecular flexibility index (Phi) is 6.39. The monoisotopic (exact) mass is 388 g/mol. The van der Waals surface area contributed by atoms with Crippen LogP contribution >= 0.6 is 11.3 Å². The second-order valence-electron chi connectivity index (χ2n) is 7.01. The second-order valence-corrected chi connectivity index (χ2v) is 8.38. The molecule has 1 aromatic carbocycles. The van der Waals surface area contributed by atoms with Crippen LogP contribution in [0.25, 0.3) is 0 Å². The van der Waals surface area contributed by atoms with Crippen molar-refractivity contribution in [3.8, 4) is 11.5 Å². The largest absolute Gasteiger partial charge is 0.493 e. The zero-order chi connectivity index (χ0) is 19.4. The summed E-state index contributed by atoms with van der Waals surface area (Å²) in [6.45, 7) is 5.58. The molecule has 0 unspecified atom stereocenters. The summed E-state index contributed by atoms with van der Waals surface area (Å²) in [6, 6.07) is 8.12. The third-order valence-electron chi connectivity index (χ3n) is 4.99. The second kappa shape index (κ2) is 8.76. The van der Waals surface area contributed by atoms with Crippen molar-refractivity contribution >= 4 is 17.2 Å². The predicted octanol–water partition coefficient (Wildman–Crippen LogP) is 3.59. The number of benzene rings is 1. The number of ether oxygens (including phenoxy) is 2. The van der Waals surface area contributed by atoms with E-state index in [2.05, 4.69) is 31.0 Å². The molecule has 2 heterocycles. The lowest BCUT2D eigenvalue weighted by atomic mass is 10.1. The molecular weight excluding hydrogens is 360 g/mol. The molecular formula is C21H28N2O3S. The lowest BCUT2D eigenvalue weighted by Gasteiger charge is -2.19. The van der Waals surface area contributed by atoms with Gasteiger partial charge in [-0.3, -0.25) is 4.79 Å². The van der Waals surface area contributed by atoms with E-state index in [0.29, 0.717) is 18.0 Å². The summed E-state index contributed by atoms with van der Waals surface area (Å²) in [5.74, 6) is 1.37. The topological polar surface area (TPSA) is 42.0 Å². The maximum Gasteiger partial charge on any atom is 0.254 e. The maximum atomic E-state index is 12.7. The number of likely N-dealkylation sites (N-methyl/N-ethyl adjacent to an activating group) is 1. The standard InChI is InChI=1S/C21H28N2O3S/c1-15-6-7-17(27-15)8-11-22(2)9-5-10-23-14-16-12-19(25-3)20(26-4)13-18(16)21(23)24/h6-7,12-13H,5,8-11,14H2,1-4H3. The van der Waals surface area contributed by atoms with Crippen LogP contribution in [0.4, 0.5) is 0 Å². The van der Waals surface area contributed by atoms with Gasteiger partial charge in [0, 0.05) is 35.0 Å². The number of amides is 1. The Morgan fingerprint density at radius 3 is 2.56 bits per heavy atom. The summed E-state index contributed by atoms with van der Waals surface area (Å²) < 4.78 is 10.7. The Morgan fingerprint density at radius 1 is 1.15 bits per heavy atom. The minimum Gasteiger partial charge on any atom is -0.493 e. The van der Waals surface area contributed by atoms with E-state index < -0.39 is 0 Å². The van der Waals surface area contributed by atoms with Crippen LogP contribution in [0.5, 0.6) is 11.5 Å². The van der Waals surface area contributed by atoms with Crippen molar-refractivity contribution in [1.29, 1.82) is 0 Å². The quantitative estimate of drug-likeness (QED) is 0.658. The number of carbonyl (C=O) groups excluding carboxylic acids is 1. The fraction of sp³-hybridized carbons (Fsp3) is 0.476. The minimum atomic E-state index is 0.0858. The molecule has 2 aromatic rings. The van der Waals surface area contributed by atoms with Crippen molar-refractivity contribution < 1.29 is 14.3 Å². The first-order valence-electron chi connectivity index (χ1n) is 9.30. The molecule has 0 radical (unpaired) electrons. The molecule has 0 saturated carbocycles. The molecule has 0 saturated heterocycles. The summed E-state index contributed by atoms with van der Waals surface area (Å²) in [7, 11) is 5.36. The minimum absolute atomic E-state index is 0.0858. The van der Waals surface area contributed by atoms with Crippen LogP contribution in [-0.4, -0.2) is 56.6 Å². The lowest BCUT2D eigenvalue weighted by Crippen LogP contribution is -2.29. The van der Waals surface area contributed by atoms with Crippen molar-refractivity contribution in [2.75, 3.05) is 40.9 Å². The van der Waals surface area contributed by atoms with Gasteiger partial charge in [-0.25, -0.2) is 0 Å². The Morgan fingerprint density at radius 2 is 1.89 bits per heavy atom. The van der Waals surface area contributed by atoms with Crippen molar-refractivity contribution in [2.24, 2.45) is 0 Å². The first kappa shape index (κ1) is 19.7. The number of hydrogen-bond acceptors (Lipinski definition) is 5. The smallest absolute Gasteiger partial charge is 0.254 e. The normalized spacial score (nSPS) is 13.4. The molecule has 0 fully saturated rings. The van der Waals surface area contributed by atoms with E-state index in [4.69, 9.17) is 9.47 Å². The van der Waals surface area contributed by atoms with E-state index in [0.717, 1.165) is 43.6 Å². The van der Waals surface area contributed by atoms with Gasteiger partial charge in [-0.2, -0.15) is 0 Å². The number of rotatable bonds is 9. The average molecular weight is 389 g/mol. The van der Waals surface area contributed by atoms with Crippen LogP contribution in [0.2, 0.25) is 0 Å². The molecule has 27 heavy (non-hydrogen) atoms. The van der Waals surface area contributed by atoms with Crippen molar-refractivity contribution in [3.05, 3.63) is 45.1 Å². The molecule has 1 amide bonds. The average Bonchev–Trinajstić information content (AvgIpc) is 3.22. The van der Waals surface area contributed by atoms with Gasteiger partial charge in [0.15, 0.2) is 11.5 Å². The predicted molar refractivity (Wildman–Crippen MR) is 109 cm³/mol. The third-order valence-corrected chi connectivity index (χ3v) is 6.05. The molecule has 1 aliphatic rings. The molecule has 146 valence electrons. The summed E-state index contributed by atoms with van der Waals surface area (Å²) in [6.07, 6.45) is 2.05. The van der Waals surface area contributed by atoms with Crippen LogP contribution in [-0.2, 0) is 13.0 Å². The van der Waals surface area contributed by atoms with Crippen LogP contribution in [0, 0.1) is 6.92 Å². The Balaban J connectivity index is 1.48. The Bertz CT molecular complexity index is 803.